The average Bonchev–Trinajstić information content (AvgIpc) is 2.50. The quantitative estimate of drug-likeness (QED) is 0.364. The van der Waals surface area contributed by atoms with Gasteiger partial charge in [0.05, 0.1) is 0 Å². The molecule has 0 aromatic carbocycles. The first-order chi connectivity index (χ1) is 11.5. The molecule has 0 saturated carbocycles. The predicted octanol–water partition coefficient (Wildman–Crippen LogP) is 1.70. The van der Waals surface area contributed by atoms with E-state index in [-0.39, 0.29) is 24.8 Å². The van der Waals surface area contributed by atoms with Gasteiger partial charge in [-0.1, -0.05) is 96.8 Å². The van der Waals surface area contributed by atoms with Crippen molar-refractivity contribution in [2.45, 2.75) is 128 Å². The molecule has 0 rings (SSSR count). The van der Waals surface area contributed by atoms with Crippen molar-refractivity contribution < 1.29 is 51.0 Å². The van der Waals surface area contributed by atoms with Gasteiger partial charge in [-0.15, -0.1) is 0 Å². The van der Waals surface area contributed by atoms with Gasteiger partial charge in [-0.05, 0) is 6.42 Å². The van der Waals surface area contributed by atoms with Gasteiger partial charge in [-0.3, -0.25) is 4.79 Å². The summed E-state index contributed by atoms with van der Waals surface area (Å²) in [4.78, 5) is 10.3. The van der Waals surface area contributed by atoms with E-state index in [1.807, 2.05) is 0 Å². The zero-order valence-corrected chi connectivity index (χ0v) is 20.2. The van der Waals surface area contributed by atoms with Crippen molar-refractivity contribution in [2.24, 2.45) is 0 Å². The molecule has 0 bridgehead atoms. The molecule has 159 valence electrons. The van der Waals surface area contributed by atoms with Gasteiger partial charge in [-0.2, -0.15) is 0 Å². The van der Waals surface area contributed by atoms with Crippen LogP contribution in [-0.2, 0) is 21.1 Å². The van der Waals surface area contributed by atoms with Crippen LogP contribution < -0.4 is 24.8 Å². The number of carboxylic acids is 1. The SMILES string of the molecule is CCCCCCCCCCCCCCCCCC(=O)O.C[CH](C)[Cr+2].[Cl-].[Cl-]. The van der Waals surface area contributed by atoms with Crippen LogP contribution in [0, 0.1) is 0 Å². The Hall–Kier alpha value is 0.582. The van der Waals surface area contributed by atoms with Crippen molar-refractivity contribution in [3.8, 4) is 0 Å². The maximum atomic E-state index is 10.3. The first-order valence-electron chi connectivity index (χ1n) is 10.4. The minimum absolute atomic E-state index is 0. The third kappa shape index (κ3) is 44.2. The number of carbonyl (C=O) groups is 1. The molecule has 0 aliphatic heterocycles. The van der Waals surface area contributed by atoms with E-state index in [1.54, 1.807) is 0 Å². The summed E-state index contributed by atoms with van der Waals surface area (Å²) in [6, 6.07) is 0. The summed E-state index contributed by atoms with van der Waals surface area (Å²) in [6.45, 7) is 6.49. The zero-order chi connectivity index (χ0) is 18.5. The van der Waals surface area contributed by atoms with Crippen LogP contribution >= 0.6 is 0 Å². The second-order valence-electron chi connectivity index (χ2n) is 7.14. The number of unbranched alkanes of at least 4 members (excludes halogenated alkanes) is 14. The standard InChI is InChI=1S/C18H36O2.C3H7.2ClH.Cr/c1-2-3-4-5-6-7-8-9-10-11-12-13-14-15-16-17-18(19)20;1-3-2;;;/h2-17H2,1H3,(H,19,20);3H,1-2H3;2*1H;/q;;;;+2/p-2. The minimum atomic E-state index is -0.653. The predicted molar refractivity (Wildman–Crippen MR) is 102 cm³/mol. The molecule has 0 amide bonds. The van der Waals surface area contributed by atoms with E-state index in [1.165, 1.54) is 83.5 Å². The van der Waals surface area contributed by atoms with Crippen LogP contribution in [0.15, 0.2) is 0 Å². The van der Waals surface area contributed by atoms with Crippen molar-refractivity contribution in [1.29, 1.82) is 0 Å². The zero-order valence-electron chi connectivity index (χ0n) is 17.4. The Morgan fingerprint density at radius 1 is 0.692 bits per heavy atom. The van der Waals surface area contributed by atoms with E-state index in [9.17, 15) is 4.79 Å². The summed E-state index contributed by atoms with van der Waals surface area (Å²) in [5, 5.41) is 8.52. The monoisotopic (exact) mass is 449 g/mol. The van der Waals surface area contributed by atoms with E-state index >= 15 is 0 Å². The van der Waals surface area contributed by atoms with Crippen LogP contribution in [0.2, 0.25) is 4.78 Å². The van der Waals surface area contributed by atoms with E-state index in [4.69, 9.17) is 5.11 Å². The Morgan fingerprint density at radius 2 is 0.923 bits per heavy atom. The molecule has 0 aromatic heterocycles. The van der Waals surface area contributed by atoms with Gasteiger partial charge in [0, 0.05) is 6.42 Å². The second-order valence-corrected chi connectivity index (χ2v) is 8.61. The fraction of sp³-hybridized carbons (Fsp3) is 0.952. The number of halogens is 2. The largest absolute Gasteiger partial charge is 1.00 e. The maximum Gasteiger partial charge on any atom is -1.00 e. The number of hydrogen-bond acceptors (Lipinski definition) is 1. The molecule has 0 fully saturated rings. The fourth-order valence-corrected chi connectivity index (χ4v) is 2.65. The van der Waals surface area contributed by atoms with Gasteiger partial charge in [0.15, 0.2) is 0 Å². The number of rotatable bonds is 16. The van der Waals surface area contributed by atoms with Crippen LogP contribution in [0.1, 0.15) is 124 Å². The molecule has 0 radical (unpaired) electrons. The molecule has 0 unspecified atom stereocenters. The summed E-state index contributed by atoms with van der Waals surface area (Å²) >= 11 is 2.90. The summed E-state index contributed by atoms with van der Waals surface area (Å²) in [7, 11) is 0. The Kier molecular flexibility index (Phi) is 39.8. The van der Waals surface area contributed by atoms with E-state index < -0.39 is 5.97 Å². The topological polar surface area (TPSA) is 37.3 Å². The normalized spacial score (nSPS) is 9.65. The van der Waals surface area contributed by atoms with Crippen LogP contribution in [0.25, 0.3) is 0 Å². The van der Waals surface area contributed by atoms with Crippen molar-refractivity contribution in [3.63, 3.8) is 0 Å². The molecule has 0 aliphatic carbocycles. The van der Waals surface area contributed by atoms with Crippen molar-refractivity contribution >= 4 is 5.97 Å². The first-order valence-corrected chi connectivity index (χ1v) is 11.1. The molecule has 0 spiro atoms. The van der Waals surface area contributed by atoms with Crippen LogP contribution in [0.5, 0.6) is 0 Å². The molecular weight excluding hydrogens is 407 g/mol. The third-order valence-electron chi connectivity index (χ3n) is 3.99. The van der Waals surface area contributed by atoms with E-state index in [2.05, 4.69) is 37.1 Å². The third-order valence-corrected chi connectivity index (χ3v) is 3.99. The summed E-state index contributed by atoms with van der Waals surface area (Å²) in [5.41, 5.74) is 0. The van der Waals surface area contributed by atoms with Crippen LogP contribution in [-0.4, -0.2) is 11.1 Å². The smallest absolute Gasteiger partial charge is 1.00 e. The Labute approximate surface area is 184 Å². The number of carboxylic acid groups (broad SMARTS) is 1. The molecule has 0 atom stereocenters. The van der Waals surface area contributed by atoms with Gasteiger partial charge >= 0.3 is 40.9 Å². The minimum Gasteiger partial charge on any atom is -1.00 e. The average molecular weight is 450 g/mol. The first kappa shape index (κ1) is 34.1. The van der Waals surface area contributed by atoms with E-state index in [0.29, 0.717) is 11.2 Å². The molecule has 1 N–H and O–H groups in total. The molecule has 5 heteroatoms. The molecule has 0 saturated heterocycles. The molecule has 0 aromatic rings. The van der Waals surface area contributed by atoms with Crippen LogP contribution in [0.4, 0.5) is 0 Å². The fourth-order valence-electron chi connectivity index (χ4n) is 2.65. The molecule has 26 heavy (non-hydrogen) atoms. The van der Waals surface area contributed by atoms with Crippen LogP contribution in [0.3, 0.4) is 0 Å². The van der Waals surface area contributed by atoms with E-state index in [0.717, 1.165) is 12.8 Å². The summed E-state index contributed by atoms with van der Waals surface area (Å²) in [6.07, 6.45) is 20.2. The molecular formula is C21H43Cl2CrO2. The van der Waals surface area contributed by atoms with Gasteiger partial charge in [0.2, 0.25) is 0 Å². The van der Waals surface area contributed by atoms with Crippen molar-refractivity contribution in [3.05, 3.63) is 0 Å². The second kappa shape index (κ2) is 30.3. The maximum absolute atomic E-state index is 10.3. The van der Waals surface area contributed by atoms with Crippen molar-refractivity contribution in [2.75, 3.05) is 0 Å². The van der Waals surface area contributed by atoms with Gasteiger partial charge in [-0.25, -0.2) is 0 Å². The van der Waals surface area contributed by atoms with Crippen molar-refractivity contribution in [1.82, 2.24) is 0 Å². The number of aliphatic carboxylic acids is 1. The van der Waals surface area contributed by atoms with Gasteiger partial charge in [0.25, 0.3) is 0 Å². The Balaban J connectivity index is -0.000000363. The Morgan fingerprint density at radius 3 is 1.15 bits per heavy atom. The van der Waals surface area contributed by atoms with Gasteiger partial charge < -0.3 is 29.9 Å². The molecule has 0 heterocycles. The summed E-state index contributed by atoms with van der Waals surface area (Å²) < 4.78 is 0.708. The molecule has 2 nitrogen and oxygen atoms in total. The number of hydrogen-bond donors (Lipinski definition) is 1. The Bertz CT molecular complexity index is 249. The van der Waals surface area contributed by atoms with Gasteiger partial charge in [0.1, 0.15) is 0 Å². The molecule has 0 aliphatic rings. The summed E-state index contributed by atoms with van der Waals surface area (Å²) in [5.74, 6) is -0.653.